The molecule has 12 heteroatoms. The van der Waals surface area contributed by atoms with Gasteiger partial charge in [-0.05, 0) is 48.9 Å². The summed E-state index contributed by atoms with van der Waals surface area (Å²) in [6, 6.07) is 12.1. The van der Waals surface area contributed by atoms with Gasteiger partial charge in [0.15, 0.2) is 11.6 Å². The van der Waals surface area contributed by atoms with Crippen molar-refractivity contribution in [1.82, 2.24) is 20.9 Å². The van der Waals surface area contributed by atoms with Crippen LogP contribution in [0.15, 0.2) is 59.8 Å². The van der Waals surface area contributed by atoms with E-state index >= 15 is 0 Å². The van der Waals surface area contributed by atoms with Gasteiger partial charge in [-0.3, -0.25) is 0 Å². The summed E-state index contributed by atoms with van der Waals surface area (Å²) in [6.45, 7) is 0.309. The van der Waals surface area contributed by atoms with Crippen molar-refractivity contribution in [3.8, 4) is 6.07 Å². The molecule has 10 nitrogen and oxygen atoms in total. The minimum absolute atomic E-state index is 0.00683. The van der Waals surface area contributed by atoms with Gasteiger partial charge >= 0.3 is 18.0 Å². The van der Waals surface area contributed by atoms with E-state index in [4.69, 9.17) is 9.47 Å². The maximum atomic E-state index is 14.2. The van der Waals surface area contributed by atoms with Crippen LogP contribution >= 0.6 is 0 Å². The second kappa shape index (κ2) is 13.5. The Labute approximate surface area is 242 Å². The first-order valence-corrected chi connectivity index (χ1v) is 13.6. The number of nitrogens with one attached hydrogen (secondary N) is 3. The highest BCUT2D eigenvalue weighted by Gasteiger charge is 2.43. The zero-order chi connectivity index (χ0) is 30.3. The first kappa shape index (κ1) is 30.6. The smallest absolute Gasteiger partial charge is 0.338 e. The second-order valence-electron chi connectivity index (χ2n) is 10.2. The Bertz CT molecular complexity index is 1390. The predicted octanol–water partition coefficient (Wildman–Crippen LogP) is 3.81. The average molecular weight is 582 g/mol. The van der Waals surface area contributed by atoms with Crippen molar-refractivity contribution in [1.29, 1.82) is 5.26 Å². The lowest BCUT2D eigenvalue weighted by molar-refractivity contribution is -0.137. The van der Waals surface area contributed by atoms with Gasteiger partial charge in [0.05, 0.1) is 36.5 Å². The van der Waals surface area contributed by atoms with Gasteiger partial charge in [0.25, 0.3) is 0 Å². The number of ether oxygens (including phenoxy) is 2. The number of esters is 1. The molecule has 1 aliphatic carbocycles. The first-order valence-electron chi connectivity index (χ1n) is 13.6. The number of halogens is 2. The Hall–Kier alpha value is -4.34. The fourth-order valence-electron chi connectivity index (χ4n) is 5.55. The van der Waals surface area contributed by atoms with E-state index in [9.17, 15) is 28.4 Å². The van der Waals surface area contributed by atoms with Gasteiger partial charge < -0.3 is 25.4 Å². The molecule has 2 aliphatic rings. The quantitative estimate of drug-likeness (QED) is 0.303. The van der Waals surface area contributed by atoms with Gasteiger partial charge in [-0.15, -0.1) is 0 Å². The van der Waals surface area contributed by atoms with E-state index in [2.05, 4.69) is 22.0 Å². The number of carbonyl (C=O) groups is 3. The van der Waals surface area contributed by atoms with Gasteiger partial charge in [-0.25, -0.2) is 28.1 Å². The molecular formula is C30H33F2N5O5. The zero-order valence-electron chi connectivity index (χ0n) is 23.4. The highest BCUT2D eigenvalue weighted by Crippen LogP contribution is 2.39. The third kappa shape index (κ3) is 6.42. The number of rotatable bonds is 9. The number of benzene rings is 2. The molecule has 0 radical (unpaired) electrons. The lowest BCUT2D eigenvalue weighted by atomic mass is 9.69. The Morgan fingerprint density at radius 1 is 1.10 bits per heavy atom. The maximum Gasteiger partial charge on any atom is 0.338 e. The Balaban J connectivity index is 1.44. The number of hydrogen-bond donors (Lipinski definition) is 3. The maximum absolute atomic E-state index is 14.2. The van der Waals surface area contributed by atoms with Gasteiger partial charge in [0, 0.05) is 26.2 Å². The van der Waals surface area contributed by atoms with Crippen LogP contribution in [0.2, 0.25) is 0 Å². The molecule has 0 saturated heterocycles. The largest absolute Gasteiger partial charge is 0.466 e. The molecule has 2 aromatic rings. The van der Waals surface area contributed by atoms with E-state index in [-0.39, 0.29) is 36.0 Å². The molecular weight excluding hydrogens is 548 g/mol. The summed E-state index contributed by atoms with van der Waals surface area (Å²) < 4.78 is 38.0. The van der Waals surface area contributed by atoms with Crippen LogP contribution < -0.4 is 16.0 Å². The fourth-order valence-corrected chi connectivity index (χ4v) is 5.55. The van der Waals surface area contributed by atoms with Crippen molar-refractivity contribution in [2.24, 2.45) is 0 Å². The minimum atomic E-state index is -1.41. The molecule has 0 aromatic heterocycles. The molecule has 1 aliphatic heterocycles. The van der Waals surface area contributed by atoms with Crippen molar-refractivity contribution in [2.75, 3.05) is 33.9 Å². The van der Waals surface area contributed by atoms with Gasteiger partial charge in [0.2, 0.25) is 0 Å². The lowest BCUT2D eigenvalue weighted by Gasteiger charge is -2.37. The third-order valence-electron chi connectivity index (χ3n) is 7.72. The lowest BCUT2D eigenvalue weighted by Crippen LogP contribution is -2.55. The number of hydrogen-bond acceptors (Lipinski definition) is 7. The molecule has 1 saturated carbocycles. The summed E-state index contributed by atoms with van der Waals surface area (Å²) in [7, 11) is 2.47. The van der Waals surface area contributed by atoms with Crippen LogP contribution in [0.4, 0.5) is 18.4 Å². The molecule has 0 spiro atoms. The Kier molecular flexibility index (Phi) is 9.88. The third-order valence-corrected chi connectivity index (χ3v) is 7.72. The Morgan fingerprint density at radius 3 is 2.43 bits per heavy atom. The summed E-state index contributed by atoms with van der Waals surface area (Å²) in [6.07, 6.45) is 2.96. The highest BCUT2D eigenvalue weighted by atomic mass is 19.2. The molecule has 222 valence electrons. The summed E-state index contributed by atoms with van der Waals surface area (Å²) in [4.78, 5) is 40.0. The monoisotopic (exact) mass is 581 g/mol. The molecule has 1 atom stereocenters. The minimum Gasteiger partial charge on any atom is -0.466 e. The van der Waals surface area contributed by atoms with E-state index in [1.807, 2.05) is 30.3 Å². The molecule has 42 heavy (non-hydrogen) atoms. The van der Waals surface area contributed by atoms with Crippen molar-refractivity contribution < 1.29 is 32.6 Å². The Morgan fingerprint density at radius 2 is 1.81 bits per heavy atom. The molecule has 4 amide bonds. The highest BCUT2D eigenvalue weighted by molar-refractivity contribution is 6.01. The van der Waals surface area contributed by atoms with Crippen LogP contribution in [0.1, 0.15) is 42.9 Å². The molecule has 0 unspecified atom stereocenters. The van der Waals surface area contributed by atoms with Crippen molar-refractivity contribution >= 4 is 18.0 Å². The normalized spacial score (nSPS) is 22.3. The van der Waals surface area contributed by atoms with E-state index in [0.29, 0.717) is 19.4 Å². The number of imide groups is 1. The summed E-state index contributed by atoms with van der Waals surface area (Å²) in [5.74, 6) is -3.21. The fraction of sp³-hybridized carbons (Fsp3) is 0.400. The molecule has 1 heterocycles. The van der Waals surface area contributed by atoms with E-state index in [1.165, 1.54) is 13.2 Å². The van der Waals surface area contributed by atoms with Crippen LogP contribution in [-0.2, 0) is 19.7 Å². The van der Waals surface area contributed by atoms with Crippen molar-refractivity contribution in [3.05, 3.63) is 82.6 Å². The van der Waals surface area contributed by atoms with Gasteiger partial charge in [-0.2, -0.15) is 5.26 Å². The SMILES string of the molecule is COCC1=C(C(=O)OC)[C@H](c2ccc(F)c(F)c2)N(C(=O)NCCNC2CCC(C#N)(c3ccccc3)CC2)C(=O)N1. The molecule has 1 fully saturated rings. The molecule has 2 aromatic carbocycles. The van der Waals surface area contributed by atoms with E-state index in [1.54, 1.807) is 0 Å². The van der Waals surface area contributed by atoms with Crippen LogP contribution in [0.25, 0.3) is 0 Å². The molecule has 0 bridgehead atoms. The molecule has 3 N–H and O–H groups in total. The topological polar surface area (TPSA) is 133 Å². The first-order chi connectivity index (χ1) is 20.2. The van der Waals surface area contributed by atoms with Crippen molar-refractivity contribution in [3.63, 3.8) is 0 Å². The predicted molar refractivity (Wildman–Crippen MR) is 148 cm³/mol. The van der Waals surface area contributed by atoms with Crippen LogP contribution in [0, 0.1) is 23.0 Å². The van der Waals surface area contributed by atoms with Crippen LogP contribution in [0.5, 0.6) is 0 Å². The standard InChI is InChI=1S/C30H33F2N5O5/c1-41-17-24-25(27(38)42-2)26(19-8-9-22(31)23(32)16-19)37(29(40)36-24)28(39)35-15-14-34-21-10-12-30(18-33,13-11-21)20-6-4-3-5-7-20/h3-9,16,21,26,34H,10-15,17H2,1-2H3,(H,35,39)(H,36,40)/t21?,26-,30?/m0/s1. The summed E-state index contributed by atoms with van der Waals surface area (Å²) in [5.41, 5.74) is 0.377. The number of nitrogens with zero attached hydrogens (tertiary/aromatic N) is 2. The second-order valence-corrected chi connectivity index (χ2v) is 10.2. The summed E-state index contributed by atoms with van der Waals surface area (Å²) >= 11 is 0. The number of carbonyl (C=O) groups excluding carboxylic acids is 3. The van der Waals surface area contributed by atoms with E-state index < -0.39 is 41.1 Å². The van der Waals surface area contributed by atoms with E-state index in [0.717, 1.165) is 42.5 Å². The molecule has 4 rings (SSSR count). The van der Waals surface area contributed by atoms with Gasteiger partial charge in [0.1, 0.15) is 6.04 Å². The van der Waals surface area contributed by atoms with Crippen LogP contribution in [-0.4, -0.2) is 62.9 Å². The van der Waals surface area contributed by atoms with Gasteiger partial charge in [-0.1, -0.05) is 36.4 Å². The number of amides is 4. The summed E-state index contributed by atoms with van der Waals surface area (Å²) in [5, 5.41) is 18.4. The number of nitriles is 1. The van der Waals surface area contributed by atoms with Crippen LogP contribution in [0.3, 0.4) is 0 Å². The number of methoxy groups -OCH3 is 2. The zero-order valence-corrected chi connectivity index (χ0v) is 23.4. The van der Waals surface area contributed by atoms with Crippen molar-refractivity contribution in [2.45, 2.75) is 43.2 Å². The number of urea groups is 2. The average Bonchev–Trinajstić information content (AvgIpc) is 3.01.